The van der Waals surface area contributed by atoms with E-state index in [0.717, 1.165) is 50.6 Å². The molecule has 2 rings (SSSR count). The number of hydrogen-bond acceptors (Lipinski definition) is 4. The third-order valence-corrected chi connectivity index (χ3v) is 3.83. The third-order valence-electron chi connectivity index (χ3n) is 3.83. The van der Waals surface area contributed by atoms with Gasteiger partial charge in [-0.25, -0.2) is 0 Å². The van der Waals surface area contributed by atoms with Crippen molar-refractivity contribution in [2.45, 2.75) is 6.42 Å². The van der Waals surface area contributed by atoms with Crippen molar-refractivity contribution >= 4 is 5.91 Å². The second-order valence-corrected chi connectivity index (χ2v) is 5.24. The molecule has 1 heterocycles. The van der Waals surface area contributed by atoms with Crippen molar-refractivity contribution in [3.63, 3.8) is 0 Å². The number of ether oxygens (including phenoxy) is 2. The highest BCUT2D eigenvalue weighted by atomic mass is 16.5. The Morgan fingerprint density at radius 1 is 1.19 bits per heavy atom. The molecule has 21 heavy (non-hydrogen) atoms. The Bertz CT molecular complexity index is 457. The zero-order valence-electron chi connectivity index (χ0n) is 12.9. The number of piperazine rings is 1. The van der Waals surface area contributed by atoms with E-state index in [1.807, 2.05) is 29.2 Å². The van der Waals surface area contributed by atoms with Crippen LogP contribution in [0.5, 0.6) is 5.75 Å². The van der Waals surface area contributed by atoms with Crippen LogP contribution in [0, 0.1) is 0 Å². The van der Waals surface area contributed by atoms with E-state index in [2.05, 4.69) is 4.90 Å². The van der Waals surface area contributed by atoms with Crippen LogP contribution in [-0.4, -0.2) is 69.3 Å². The minimum absolute atomic E-state index is 0.189. The molecule has 5 heteroatoms. The van der Waals surface area contributed by atoms with Crippen LogP contribution in [0.1, 0.15) is 5.56 Å². The average Bonchev–Trinajstić information content (AvgIpc) is 2.53. The van der Waals surface area contributed by atoms with Gasteiger partial charge in [-0.15, -0.1) is 0 Å². The maximum Gasteiger partial charge on any atom is 0.227 e. The number of hydrogen-bond donors (Lipinski definition) is 0. The first-order valence-corrected chi connectivity index (χ1v) is 7.35. The molecule has 0 aromatic heterocycles. The first-order valence-electron chi connectivity index (χ1n) is 7.35. The van der Waals surface area contributed by atoms with Crippen molar-refractivity contribution < 1.29 is 14.3 Å². The predicted molar refractivity (Wildman–Crippen MR) is 81.6 cm³/mol. The highest BCUT2D eigenvalue weighted by molar-refractivity contribution is 5.79. The molecule has 1 aliphatic heterocycles. The molecule has 0 radical (unpaired) electrons. The number of methoxy groups -OCH3 is 2. The fraction of sp³-hybridized carbons (Fsp3) is 0.562. The first kappa shape index (κ1) is 15.8. The van der Waals surface area contributed by atoms with E-state index in [9.17, 15) is 4.79 Å². The van der Waals surface area contributed by atoms with Gasteiger partial charge < -0.3 is 14.4 Å². The van der Waals surface area contributed by atoms with Crippen LogP contribution >= 0.6 is 0 Å². The molecule has 0 spiro atoms. The van der Waals surface area contributed by atoms with E-state index < -0.39 is 0 Å². The molecule has 116 valence electrons. The number of amides is 1. The highest BCUT2D eigenvalue weighted by Crippen LogP contribution is 2.14. The van der Waals surface area contributed by atoms with Gasteiger partial charge in [-0.3, -0.25) is 9.69 Å². The van der Waals surface area contributed by atoms with Crippen LogP contribution in [0.4, 0.5) is 0 Å². The molecule has 1 saturated heterocycles. The normalized spacial score (nSPS) is 16.0. The van der Waals surface area contributed by atoms with Gasteiger partial charge in [0, 0.05) is 39.8 Å². The van der Waals surface area contributed by atoms with Crippen LogP contribution in [0.15, 0.2) is 24.3 Å². The third kappa shape index (κ3) is 4.72. The Kier molecular flexibility index (Phi) is 6.02. The quantitative estimate of drug-likeness (QED) is 0.785. The summed E-state index contributed by atoms with van der Waals surface area (Å²) in [4.78, 5) is 16.6. The van der Waals surface area contributed by atoms with Gasteiger partial charge in [0.1, 0.15) is 5.75 Å². The Morgan fingerprint density at radius 2 is 1.95 bits per heavy atom. The molecular formula is C16H24N2O3. The molecule has 1 amide bonds. The SMILES string of the molecule is COCCN1CCN(C(=O)Cc2cccc(OC)c2)CC1. The summed E-state index contributed by atoms with van der Waals surface area (Å²) in [5.41, 5.74) is 1.00. The second-order valence-electron chi connectivity index (χ2n) is 5.24. The number of carbonyl (C=O) groups is 1. The fourth-order valence-corrected chi connectivity index (χ4v) is 2.51. The summed E-state index contributed by atoms with van der Waals surface area (Å²) in [5.74, 6) is 0.985. The number of carbonyl (C=O) groups excluding carboxylic acids is 1. The molecule has 0 aliphatic carbocycles. The van der Waals surface area contributed by atoms with Crippen molar-refractivity contribution in [3.8, 4) is 5.75 Å². The van der Waals surface area contributed by atoms with Crippen LogP contribution < -0.4 is 4.74 Å². The van der Waals surface area contributed by atoms with Gasteiger partial charge in [0.05, 0.1) is 20.1 Å². The summed E-state index contributed by atoms with van der Waals surface area (Å²) in [6.07, 6.45) is 0.440. The van der Waals surface area contributed by atoms with E-state index in [1.165, 1.54) is 0 Å². The van der Waals surface area contributed by atoms with Crippen LogP contribution in [0.25, 0.3) is 0 Å². The van der Waals surface area contributed by atoms with Crippen LogP contribution in [0.2, 0.25) is 0 Å². The van der Waals surface area contributed by atoms with E-state index >= 15 is 0 Å². The lowest BCUT2D eigenvalue weighted by Gasteiger charge is -2.34. The molecule has 0 N–H and O–H groups in total. The van der Waals surface area contributed by atoms with Crippen molar-refractivity contribution in [2.24, 2.45) is 0 Å². The largest absolute Gasteiger partial charge is 0.497 e. The second kappa shape index (κ2) is 8.00. The summed E-state index contributed by atoms with van der Waals surface area (Å²) in [6, 6.07) is 7.70. The predicted octanol–water partition coefficient (Wildman–Crippen LogP) is 1.03. The van der Waals surface area contributed by atoms with Gasteiger partial charge in [-0.05, 0) is 17.7 Å². The minimum Gasteiger partial charge on any atom is -0.497 e. The highest BCUT2D eigenvalue weighted by Gasteiger charge is 2.20. The Hall–Kier alpha value is -1.59. The summed E-state index contributed by atoms with van der Waals surface area (Å²) < 4.78 is 10.3. The standard InChI is InChI=1S/C16H24N2O3/c1-20-11-10-17-6-8-18(9-7-17)16(19)13-14-4-3-5-15(12-14)21-2/h3-5,12H,6-11,13H2,1-2H3. The lowest BCUT2D eigenvalue weighted by Crippen LogP contribution is -2.49. The lowest BCUT2D eigenvalue weighted by molar-refractivity contribution is -0.132. The summed E-state index contributed by atoms with van der Waals surface area (Å²) >= 11 is 0. The molecule has 1 aromatic rings. The smallest absolute Gasteiger partial charge is 0.227 e. The van der Waals surface area contributed by atoms with E-state index in [0.29, 0.717) is 6.42 Å². The lowest BCUT2D eigenvalue weighted by atomic mass is 10.1. The van der Waals surface area contributed by atoms with Crippen molar-refractivity contribution in [2.75, 3.05) is 53.6 Å². The zero-order valence-corrected chi connectivity index (χ0v) is 12.9. The summed E-state index contributed by atoms with van der Waals surface area (Å²) in [7, 11) is 3.36. The number of nitrogens with zero attached hydrogens (tertiary/aromatic N) is 2. The Morgan fingerprint density at radius 3 is 2.62 bits per heavy atom. The summed E-state index contributed by atoms with van der Waals surface area (Å²) in [6.45, 7) is 5.13. The van der Waals surface area contributed by atoms with Gasteiger partial charge in [-0.2, -0.15) is 0 Å². The molecule has 1 aliphatic rings. The van der Waals surface area contributed by atoms with Gasteiger partial charge in [0.25, 0.3) is 0 Å². The maximum atomic E-state index is 12.3. The van der Waals surface area contributed by atoms with Gasteiger partial charge in [0.2, 0.25) is 5.91 Å². The summed E-state index contributed by atoms with van der Waals surface area (Å²) in [5, 5.41) is 0. The zero-order chi connectivity index (χ0) is 15.1. The van der Waals surface area contributed by atoms with Crippen molar-refractivity contribution in [1.82, 2.24) is 9.80 Å². The van der Waals surface area contributed by atoms with Crippen molar-refractivity contribution in [1.29, 1.82) is 0 Å². The first-order chi connectivity index (χ1) is 10.2. The minimum atomic E-state index is 0.189. The molecule has 0 saturated carbocycles. The number of rotatable bonds is 6. The van der Waals surface area contributed by atoms with Crippen LogP contribution in [0.3, 0.4) is 0 Å². The van der Waals surface area contributed by atoms with Crippen molar-refractivity contribution in [3.05, 3.63) is 29.8 Å². The van der Waals surface area contributed by atoms with Gasteiger partial charge in [-0.1, -0.05) is 12.1 Å². The molecule has 1 aromatic carbocycles. The maximum absolute atomic E-state index is 12.3. The van der Waals surface area contributed by atoms with Crippen LogP contribution in [-0.2, 0) is 16.0 Å². The Balaban J connectivity index is 1.81. The van der Waals surface area contributed by atoms with E-state index in [4.69, 9.17) is 9.47 Å². The fourth-order valence-electron chi connectivity index (χ4n) is 2.51. The topological polar surface area (TPSA) is 42.0 Å². The molecular weight excluding hydrogens is 268 g/mol. The number of benzene rings is 1. The van der Waals surface area contributed by atoms with E-state index in [-0.39, 0.29) is 5.91 Å². The monoisotopic (exact) mass is 292 g/mol. The molecule has 5 nitrogen and oxygen atoms in total. The molecule has 0 bridgehead atoms. The Labute approximate surface area is 126 Å². The van der Waals surface area contributed by atoms with E-state index in [1.54, 1.807) is 14.2 Å². The molecule has 0 atom stereocenters. The van der Waals surface area contributed by atoms with Gasteiger partial charge >= 0.3 is 0 Å². The molecule has 0 unspecified atom stereocenters. The molecule has 1 fully saturated rings. The van der Waals surface area contributed by atoms with Gasteiger partial charge in [0.15, 0.2) is 0 Å². The average molecular weight is 292 g/mol.